The van der Waals surface area contributed by atoms with Crippen LogP contribution in [0.3, 0.4) is 0 Å². The molecule has 0 aliphatic heterocycles. The van der Waals surface area contributed by atoms with Crippen molar-refractivity contribution in [3.8, 4) is 0 Å². The summed E-state index contributed by atoms with van der Waals surface area (Å²) in [7, 11) is -3.56. The van der Waals surface area contributed by atoms with Gasteiger partial charge in [0, 0.05) is 11.6 Å². The van der Waals surface area contributed by atoms with Gasteiger partial charge in [-0.05, 0) is 31.7 Å². The first kappa shape index (κ1) is 13.5. The number of thiocarbonyl (C=S) groups is 1. The van der Waals surface area contributed by atoms with Crippen molar-refractivity contribution >= 4 is 27.2 Å². The third kappa shape index (κ3) is 2.88. The summed E-state index contributed by atoms with van der Waals surface area (Å²) in [6.07, 6.45) is 2.17. The van der Waals surface area contributed by atoms with E-state index < -0.39 is 10.0 Å². The molecule has 0 spiro atoms. The van der Waals surface area contributed by atoms with E-state index in [2.05, 4.69) is 4.72 Å². The zero-order chi connectivity index (χ0) is 13.3. The van der Waals surface area contributed by atoms with Crippen molar-refractivity contribution in [3.63, 3.8) is 0 Å². The Hall–Kier alpha value is -0.980. The first-order chi connectivity index (χ1) is 8.42. The van der Waals surface area contributed by atoms with Crippen molar-refractivity contribution in [2.24, 2.45) is 11.7 Å². The molecule has 1 aromatic carbocycles. The molecular weight excluding hydrogens is 268 g/mol. The first-order valence-corrected chi connectivity index (χ1v) is 7.72. The Morgan fingerprint density at radius 3 is 2.61 bits per heavy atom. The summed E-state index contributed by atoms with van der Waals surface area (Å²) in [5, 5.41) is 0. The molecule has 0 amide bonds. The summed E-state index contributed by atoms with van der Waals surface area (Å²) in [6.45, 7) is 1.89. The maximum Gasteiger partial charge on any atom is 0.241 e. The summed E-state index contributed by atoms with van der Waals surface area (Å²) in [6, 6.07) is 6.49. The molecular formula is C12H16N2O2S2. The first-order valence-electron chi connectivity index (χ1n) is 5.83. The van der Waals surface area contributed by atoms with Gasteiger partial charge in [-0.2, -0.15) is 0 Å². The Kier molecular flexibility index (Phi) is 3.70. The number of hydrogen-bond donors (Lipinski definition) is 2. The molecule has 1 fully saturated rings. The Bertz CT molecular complexity index is 565. The fourth-order valence-electron chi connectivity index (χ4n) is 1.91. The van der Waals surface area contributed by atoms with Crippen molar-refractivity contribution in [1.29, 1.82) is 0 Å². The second-order valence-corrected chi connectivity index (χ2v) is 6.73. The molecule has 1 aliphatic rings. The number of sulfonamides is 1. The molecule has 98 valence electrons. The predicted octanol–water partition coefficient (Wildman–Crippen LogP) is 1.40. The molecule has 2 rings (SSSR count). The Labute approximate surface area is 113 Å². The number of nitrogens with one attached hydrogen (secondary N) is 1. The zero-order valence-corrected chi connectivity index (χ0v) is 11.7. The van der Waals surface area contributed by atoms with E-state index >= 15 is 0 Å². The third-order valence-corrected chi connectivity index (χ3v) is 4.95. The number of rotatable bonds is 5. The molecule has 0 bridgehead atoms. The molecule has 1 aromatic rings. The van der Waals surface area contributed by atoms with Gasteiger partial charge in [-0.1, -0.05) is 30.4 Å². The normalized spacial score (nSPS) is 17.4. The van der Waals surface area contributed by atoms with E-state index in [1.54, 1.807) is 18.2 Å². The quantitative estimate of drug-likeness (QED) is 0.802. The molecule has 18 heavy (non-hydrogen) atoms. The second kappa shape index (κ2) is 4.95. The van der Waals surface area contributed by atoms with Crippen molar-refractivity contribution in [2.45, 2.75) is 30.7 Å². The maximum atomic E-state index is 12.3. The largest absolute Gasteiger partial charge is 0.389 e. The van der Waals surface area contributed by atoms with Crippen LogP contribution in [0.2, 0.25) is 0 Å². The van der Waals surface area contributed by atoms with Crippen LogP contribution in [0.25, 0.3) is 0 Å². The van der Waals surface area contributed by atoms with Gasteiger partial charge < -0.3 is 5.73 Å². The van der Waals surface area contributed by atoms with E-state index in [1.165, 1.54) is 6.07 Å². The van der Waals surface area contributed by atoms with E-state index in [4.69, 9.17) is 18.0 Å². The molecule has 0 radical (unpaired) electrons. The van der Waals surface area contributed by atoms with Crippen LogP contribution in [-0.2, 0) is 10.0 Å². The summed E-state index contributed by atoms with van der Waals surface area (Å²) in [4.78, 5) is 0.250. The van der Waals surface area contributed by atoms with Gasteiger partial charge >= 0.3 is 0 Å². The van der Waals surface area contributed by atoms with E-state index in [0.29, 0.717) is 11.5 Å². The Balaban J connectivity index is 2.31. The molecule has 0 heterocycles. The number of hydrogen-bond acceptors (Lipinski definition) is 3. The van der Waals surface area contributed by atoms with Crippen LogP contribution < -0.4 is 10.5 Å². The average Bonchev–Trinajstić information content (AvgIpc) is 3.12. The van der Waals surface area contributed by atoms with Crippen LogP contribution in [0.5, 0.6) is 0 Å². The van der Waals surface area contributed by atoms with E-state index in [9.17, 15) is 8.42 Å². The molecule has 3 N–H and O–H groups in total. The van der Waals surface area contributed by atoms with E-state index in [0.717, 1.165) is 12.8 Å². The van der Waals surface area contributed by atoms with E-state index in [1.807, 2.05) is 6.92 Å². The van der Waals surface area contributed by atoms with Gasteiger partial charge in [0.15, 0.2) is 0 Å². The SMILES string of the molecule is CC(NS(=O)(=O)c1ccccc1C(N)=S)C1CC1. The van der Waals surface area contributed by atoms with Gasteiger partial charge in [-0.3, -0.25) is 0 Å². The fraction of sp³-hybridized carbons (Fsp3) is 0.417. The van der Waals surface area contributed by atoms with Crippen molar-refractivity contribution in [2.75, 3.05) is 0 Å². The highest BCUT2D eigenvalue weighted by Gasteiger charge is 2.31. The highest BCUT2D eigenvalue weighted by atomic mass is 32.2. The topological polar surface area (TPSA) is 72.2 Å². The van der Waals surface area contributed by atoms with Crippen LogP contribution in [0.1, 0.15) is 25.3 Å². The molecule has 6 heteroatoms. The molecule has 1 unspecified atom stereocenters. The van der Waals surface area contributed by atoms with Gasteiger partial charge in [0.05, 0.1) is 4.90 Å². The molecule has 4 nitrogen and oxygen atoms in total. The highest BCUT2D eigenvalue weighted by Crippen LogP contribution is 2.33. The minimum atomic E-state index is -3.56. The van der Waals surface area contributed by atoms with Gasteiger partial charge in [0.1, 0.15) is 4.99 Å². The fourth-order valence-corrected chi connectivity index (χ4v) is 3.68. The summed E-state index contributed by atoms with van der Waals surface area (Å²) >= 11 is 4.88. The minimum absolute atomic E-state index is 0.0468. The van der Waals surface area contributed by atoms with Gasteiger partial charge in [0.25, 0.3) is 0 Å². The predicted molar refractivity (Wildman–Crippen MR) is 74.8 cm³/mol. The lowest BCUT2D eigenvalue weighted by molar-refractivity contribution is 0.538. The molecule has 1 saturated carbocycles. The standard InChI is InChI=1S/C12H16N2O2S2/c1-8(9-6-7-9)14-18(15,16)11-5-3-2-4-10(11)12(13)17/h2-5,8-9,14H,6-7H2,1H3,(H2,13,17). The van der Waals surface area contributed by atoms with Crippen LogP contribution in [0.15, 0.2) is 29.2 Å². The van der Waals surface area contributed by atoms with Crippen molar-refractivity contribution in [3.05, 3.63) is 29.8 Å². The number of nitrogens with two attached hydrogens (primary N) is 1. The van der Waals surface area contributed by atoms with Crippen LogP contribution in [0, 0.1) is 5.92 Å². The summed E-state index contributed by atoms with van der Waals surface area (Å²) < 4.78 is 27.2. The molecule has 1 aliphatic carbocycles. The van der Waals surface area contributed by atoms with Crippen LogP contribution in [0.4, 0.5) is 0 Å². The maximum absolute atomic E-state index is 12.3. The highest BCUT2D eigenvalue weighted by molar-refractivity contribution is 7.89. The van der Waals surface area contributed by atoms with Crippen LogP contribution >= 0.6 is 12.2 Å². The van der Waals surface area contributed by atoms with Gasteiger partial charge in [0.2, 0.25) is 10.0 Å². The van der Waals surface area contributed by atoms with Crippen molar-refractivity contribution in [1.82, 2.24) is 4.72 Å². The Morgan fingerprint density at radius 2 is 2.06 bits per heavy atom. The molecule has 1 atom stereocenters. The lowest BCUT2D eigenvalue weighted by Gasteiger charge is -2.15. The summed E-state index contributed by atoms with van der Waals surface area (Å²) in [5.41, 5.74) is 5.95. The molecule has 0 saturated heterocycles. The second-order valence-electron chi connectivity index (χ2n) is 4.61. The van der Waals surface area contributed by atoms with E-state index in [-0.39, 0.29) is 15.9 Å². The van der Waals surface area contributed by atoms with Crippen molar-refractivity contribution < 1.29 is 8.42 Å². The van der Waals surface area contributed by atoms with Crippen LogP contribution in [-0.4, -0.2) is 19.4 Å². The summed E-state index contributed by atoms with van der Waals surface area (Å²) in [5.74, 6) is 0.455. The zero-order valence-electron chi connectivity index (χ0n) is 10.1. The third-order valence-electron chi connectivity index (χ3n) is 3.11. The Morgan fingerprint density at radius 1 is 1.44 bits per heavy atom. The van der Waals surface area contributed by atoms with Gasteiger partial charge in [-0.25, -0.2) is 13.1 Å². The lowest BCUT2D eigenvalue weighted by Crippen LogP contribution is -2.35. The number of benzene rings is 1. The van der Waals surface area contributed by atoms with Gasteiger partial charge in [-0.15, -0.1) is 0 Å². The average molecular weight is 284 g/mol. The smallest absolute Gasteiger partial charge is 0.241 e. The monoisotopic (exact) mass is 284 g/mol. The minimum Gasteiger partial charge on any atom is -0.389 e. The molecule has 0 aromatic heterocycles. The lowest BCUT2D eigenvalue weighted by atomic mass is 10.2.